The highest BCUT2D eigenvalue weighted by molar-refractivity contribution is 5.94. The Labute approximate surface area is 134 Å². The van der Waals surface area contributed by atoms with E-state index >= 15 is 0 Å². The Morgan fingerprint density at radius 1 is 1.09 bits per heavy atom. The van der Waals surface area contributed by atoms with Gasteiger partial charge in [-0.1, -0.05) is 36.4 Å². The fourth-order valence-electron chi connectivity index (χ4n) is 2.22. The van der Waals surface area contributed by atoms with Crippen molar-refractivity contribution in [1.29, 1.82) is 0 Å². The molecule has 1 amide bonds. The van der Waals surface area contributed by atoms with Crippen LogP contribution in [0.4, 0.5) is 8.78 Å². The van der Waals surface area contributed by atoms with Gasteiger partial charge in [-0.25, -0.2) is 8.78 Å². The van der Waals surface area contributed by atoms with Crippen molar-refractivity contribution in [2.75, 3.05) is 6.54 Å². The van der Waals surface area contributed by atoms with Gasteiger partial charge < -0.3 is 10.4 Å². The molecule has 1 atom stereocenters. The van der Waals surface area contributed by atoms with Crippen LogP contribution >= 0.6 is 0 Å². The number of amides is 1. The zero-order valence-electron chi connectivity index (χ0n) is 12.9. The molecule has 1 unspecified atom stereocenters. The number of aryl methyl sites for hydroxylation is 1. The van der Waals surface area contributed by atoms with E-state index in [1.165, 1.54) is 6.07 Å². The summed E-state index contributed by atoms with van der Waals surface area (Å²) in [7, 11) is 0. The molecule has 2 aromatic rings. The molecule has 0 aliphatic carbocycles. The number of hydrogen-bond acceptors (Lipinski definition) is 2. The summed E-state index contributed by atoms with van der Waals surface area (Å²) >= 11 is 0. The number of aliphatic hydroxyl groups is 1. The molecule has 0 aromatic heterocycles. The van der Waals surface area contributed by atoms with E-state index in [0.29, 0.717) is 12.8 Å². The Hall–Kier alpha value is -2.27. The maximum atomic E-state index is 13.5. The molecule has 0 saturated carbocycles. The van der Waals surface area contributed by atoms with Gasteiger partial charge in [0.2, 0.25) is 0 Å². The molecule has 2 aromatic carbocycles. The monoisotopic (exact) mass is 319 g/mol. The van der Waals surface area contributed by atoms with Crippen LogP contribution in [0.3, 0.4) is 0 Å². The average molecular weight is 319 g/mol. The highest BCUT2D eigenvalue weighted by atomic mass is 19.1. The summed E-state index contributed by atoms with van der Waals surface area (Å²) in [5, 5.41) is 12.7. The van der Waals surface area contributed by atoms with E-state index in [-0.39, 0.29) is 6.54 Å². The predicted octanol–water partition coefficient (Wildman–Crippen LogP) is 3.08. The number of nitrogens with one attached hydrogen (secondary N) is 1. The molecule has 0 saturated heterocycles. The van der Waals surface area contributed by atoms with Gasteiger partial charge in [0.05, 0.1) is 5.60 Å². The van der Waals surface area contributed by atoms with Gasteiger partial charge in [-0.3, -0.25) is 4.79 Å². The van der Waals surface area contributed by atoms with Crippen LogP contribution in [0.1, 0.15) is 29.3 Å². The van der Waals surface area contributed by atoms with E-state index in [4.69, 9.17) is 0 Å². The standard InChI is InChI=1S/C18H19F2NO2/c1-18(23,11-10-13-6-3-2-4-7-13)12-21-17(22)16-14(19)8-5-9-15(16)20/h2-9,23H,10-12H2,1H3,(H,21,22). The Morgan fingerprint density at radius 3 is 2.30 bits per heavy atom. The molecule has 0 bridgehead atoms. The molecule has 23 heavy (non-hydrogen) atoms. The van der Waals surface area contributed by atoms with E-state index in [9.17, 15) is 18.7 Å². The van der Waals surface area contributed by atoms with Crippen molar-refractivity contribution in [2.45, 2.75) is 25.4 Å². The predicted molar refractivity (Wildman–Crippen MR) is 84.1 cm³/mol. The summed E-state index contributed by atoms with van der Waals surface area (Å²) in [5.74, 6) is -2.72. The Kier molecular flexibility index (Phi) is 5.45. The highest BCUT2D eigenvalue weighted by Gasteiger charge is 2.23. The van der Waals surface area contributed by atoms with Gasteiger partial charge in [0.1, 0.15) is 17.2 Å². The Balaban J connectivity index is 1.92. The molecule has 0 fully saturated rings. The lowest BCUT2D eigenvalue weighted by Crippen LogP contribution is -2.41. The van der Waals surface area contributed by atoms with Crippen LogP contribution in [0, 0.1) is 11.6 Å². The van der Waals surface area contributed by atoms with Crippen LogP contribution in [-0.2, 0) is 6.42 Å². The number of rotatable bonds is 6. The van der Waals surface area contributed by atoms with Crippen molar-refractivity contribution >= 4 is 5.91 Å². The first-order valence-corrected chi connectivity index (χ1v) is 7.37. The SMILES string of the molecule is CC(O)(CCc1ccccc1)CNC(=O)c1c(F)cccc1F. The second kappa shape index (κ2) is 7.33. The molecular formula is C18H19F2NO2. The Bertz CT molecular complexity index is 652. The van der Waals surface area contributed by atoms with E-state index in [1.807, 2.05) is 30.3 Å². The van der Waals surface area contributed by atoms with Gasteiger partial charge in [0, 0.05) is 6.54 Å². The quantitative estimate of drug-likeness (QED) is 0.860. The third-order valence-electron chi connectivity index (χ3n) is 3.61. The average Bonchev–Trinajstić information content (AvgIpc) is 2.52. The van der Waals surface area contributed by atoms with Crippen LogP contribution < -0.4 is 5.32 Å². The number of carbonyl (C=O) groups is 1. The zero-order chi connectivity index (χ0) is 16.9. The van der Waals surface area contributed by atoms with Crippen LogP contribution in [0.25, 0.3) is 0 Å². The number of benzene rings is 2. The van der Waals surface area contributed by atoms with Crippen LogP contribution in [0.15, 0.2) is 48.5 Å². The summed E-state index contributed by atoms with van der Waals surface area (Å²) < 4.78 is 27.1. The molecule has 0 radical (unpaired) electrons. The second-order valence-electron chi connectivity index (χ2n) is 5.76. The lowest BCUT2D eigenvalue weighted by molar-refractivity contribution is 0.0476. The lowest BCUT2D eigenvalue weighted by atomic mass is 9.96. The van der Waals surface area contributed by atoms with E-state index < -0.39 is 28.7 Å². The van der Waals surface area contributed by atoms with Crippen molar-refractivity contribution in [1.82, 2.24) is 5.32 Å². The summed E-state index contributed by atoms with van der Waals surface area (Å²) in [4.78, 5) is 11.9. The van der Waals surface area contributed by atoms with Crippen molar-refractivity contribution in [3.8, 4) is 0 Å². The summed E-state index contributed by atoms with van der Waals surface area (Å²) in [5.41, 5.74) is -0.738. The van der Waals surface area contributed by atoms with E-state index in [2.05, 4.69) is 5.32 Å². The minimum atomic E-state index is -1.17. The van der Waals surface area contributed by atoms with Gasteiger partial charge in [-0.15, -0.1) is 0 Å². The van der Waals surface area contributed by atoms with Crippen molar-refractivity contribution < 1.29 is 18.7 Å². The minimum Gasteiger partial charge on any atom is -0.388 e. The van der Waals surface area contributed by atoms with E-state index in [1.54, 1.807) is 6.92 Å². The molecule has 5 heteroatoms. The first-order valence-electron chi connectivity index (χ1n) is 7.37. The first kappa shape index (κ1) is 17.1. The van der Waals surface area contributed by atoms with Gasteiger partial charge >= 0.3 is 0 Å². The van der Waals surface area contributed by atoms with Gasteiger partial charge in [0.15, 0.2) is 0 Å². The molecule has 122 valence electrons. The smallest absolute Gasteiger partial charge is 0.257 e. The van der Waals surface area contributed by atoms with Gasteiger partial charge in [0.25, 0.3) is 5.91 Å². The normalized spacial score (nSPS) is 13.4. The summed E-state index contributed by atoms with van der Waals surface area (Å²) in [6, 6.07) is 12.9. The van der Waals surface area contributed by atoms with Gasteiger partial charge in [-0.05, 0) is 37.5 Å². The summed E-state index contributed by atoms with van der Waals surface area (Å²) in [6.45, 7) is 1.49. The fourth-order valence-corrected chi connectivity index (χ4v) is 2.22. The number of carbonyl (C=O) groups excluding carboxylic acids is 1. The zero-order valence-corrected chi connectivity index (χ0v) is 12.9. The second-order valence-corrected chi connectivity index (χ2v) is 5.76. The van der Waals surface area contributed by atoms with Crippen molar-refractivity contribution in [3.63, 3.8) is 0 Å². The third-order valence-corrected chi connectivity index (χ3v) is 3.61. The molecule has 0 aliphatic heterocycles. The first-order chi connectivity index (χ1) is 10.9. The Morgan fingerprint density at radius 2 is 1.70 bits per heavy atom. The molecular weight excluding hydrogens is 300 g/mol. The number of halogens is 2. The highest BCUT2D eigenvalue weighted by Crippen LogP contribution is 2.15. The van der Waals surface area contributed by atoms with Crippen LogP contribution in [0.5, 0.6) is 0 Å². The largest absolute Gasteiger partial charge is 0.388 e. The molecule has 3 nitrogen and oxygen atoms in total. The van der Waals surface area contributed by atoms with Crippen LogP contribution in [0.2, 0.25) is 0 Å². The minimum absolute atomic E-state index is 0.0908. The molecule has 0 spiro atoms. The topological polar surface area (TPSA) is 49.3 Å². The van der Waals surface area contributed by atoms with Crippen LogP contribution in [-0.4, -0.2) is 23.2 Å². The van der Waals surface area contributed by atoms with Crippen molar-refractivity contribution in [3.05, 3.63) is 71.3 Å². The van der Waals surface area contributed by atoms with Crippen molar-refractivity contribution in [2.24, 2.45) is 0 Å². The molecule has 0 heterocycles. The fraction of sp³-hybridized carbons (Fsp3) is 0.278. The van der Waals surface area contributed by atoms with Gasteiger partial charge in [-0.2, -0.15) is 0 Å². The third kappa shape index (κ3) is 4.86. The maximum Gasteiger partial charge on any atom is 0.257 e. The molecule has 2 N–H and O–H groups in total. The summed E-state index contributed by atoms with van der Waals surface area (Å²) in [6.07, 6.45) is 1.05. The lowest BCUT2D eigenvalue weighted by Gasteiger charge is -2.23. The van der Waals surface area contributed by atoms with E-state index in [0.717, 1.165) is 17.7 Å². The molecule has 0 aliphatic rings. The number of hydrogen-bond donors (Lipinski definition) is 2. The molecule has 2 rings (SSSR count). The maximum absolute atomic E-state index is 13.5.